The molecule has 2 aromatic heterocycles. The Balaban J connectivity index is 1.26. The molecule has 2 aliphatic rings. The van der Waals surface area contributed by atoms with Gasteiger partial charge in [-0.1, -0.05) is 30.2 Å². The SMILES string of the molecule is Cc1cc(C)cc(-c2[nH]c3ccc(C(C)(C)C(=O)N4C5CCCC4CC5)cc3c2[C@H](C)CNCCCCc2ccncc2)c1. The van der Waals surface area contributed by atoms with Gasteiger partial charge in [0.25, 0.3) is 0 Å². The number of pyridine rings is 1. The monoisotopic (exact) mass is 590 g/mol. The van der Waals surface area contributed by atoms with E-state index in [-0.39, 0.29) is 0 Å². The number of aromatic amines is 1. The molecule has 0 spiro atoms. The molecule has 0 aliphatic carbocycles. The van der Waals surface area contributed by atoms with Gasteiger partial charge in [-0.3, -0.25) is 9.78 Å². The number of amides is 1. The maximum absolute atomic E-state index is 14.2. The van der Waals surface area contributed by atoms with Crippen LogP contribution in [-0.4, -0.2) is 45.9 Å². The van der Waals surface area contributed by atoms with Crippen LogP contribution in [0.4, 0.5) is 0 Å². The number of H-pyrrole nitrogens is 1. The molecule has 0 saturated carbocycles. The van der Waals surface area contributed by atoms with Crippen LogP contribution < -0.4 is 5.32 Å². The van der Waals surface area contributed by atoms with Crippen molar-refractivity contribution in [2.45, 2.75) is 109 Å². The second-order valence-corrected chi connectivity index (χ2v) is 14.1. The highest BCUT2D eigenvalue weighted by atomic mass is 16.2. The van der Waals surface area contributed by atoms with Gasteiger partial charge in [0.15, 0.2) is 0 Å². The first-order chi connectivity index (χ1) is 21.2. The predicted octanol–water partition coefficient (Wildman–Crippen LogP) is 8.38. The molecule has 232 valence electrons. The molecule has 1 amide bonds. The van der Waals surface area contributed by atoms with Crippen LogP contribution in [0.1, 0.15) is 99.5 Å². The third-order valence-corrected chi connectivity index (χ3v) is 10.3. The van der Waals surface area contributed by atoms with Crippen molar-refractivity contribution in [3.63, 3.8) is 0 Å². The van der Waals surface area contributed by atoms with Gasteiger partial charge >= 0.3 is 0 Å². The van der Waals surface area contributed by atoms with Crippen molar-refractivity contribution in [3.05, 3.63) is 88.7 Å². The minimum Gasteiger partial charge on any atom is -0.354 e. The van der Waals surface area contributed by atoms with Gasteiger partial charge in [0.2, 0.25) is 5.91 Å². The number of hydrogen-bond donors (Lipinski definition) is 2. The molecule has 6 rings (SSSR count). The molecule has 2 N–H and O–H groups in total. The van der Waals surface area contributed by atoms with E-state index in [4.69, 9.17) is 0 Å². The Morgan fingerprint density at radius 1 is 0.977 bits per heavy atom. The molecule has 0 radical (unpaired) electrons. The molecule has 2 aliphatic heterocycles. The Hall–Kier alpha value is -3.44. The van der Waals surface area contributed by atoms with Crippen molar-refractivity contribution in [1.29, 1.82) is 0 Å². The van der Waals surface area contributed by atoms with Crippen LogP contribution in [0.5, 0.6) is 0 Å². The number of hydrogen-bond acceptors (Lipinski definition) is 3. The Kier molecular flexibility index (Phi) is 8.96. The lowest BCUT2D eigenvalue weighted by molar-refractivity contribution is -0.140. The summed E-state index contributed by atoms with van der Waals surface area (Å²) >= 11 is 0. The van der Waals surface area contributed by atoms with E-state index in [1.54, 1.807) is 0 Å². The molecule has 2 bridgehead atoms. The summed E-state index contributed by atoms with van der Waals surface area (Å²) in [6.07, 6.45) is 13.1. The highest BCUT2D eigenvalue weighted by Gasteiger charge is 2.45. The Morgan fingerprint density at radius 3 is 2.39 bits per heavy atom. The molecule has 4 aromatic rings. The number of unbranched alkanes of at least 4 members (excludes halogenated alkanes) is 1. The maximum atomic E-state index is 14.2. The molecular weight excluding hydrogens is 540 g/mol. The topological polar surface area (TPSA) is 61.0 Å². The van der Waals surface area contributed by atoms with Gasteiger partial charge in [-0.05, 0) is 150 Å². The van der Waals surface area contributed by atoms with E-state index in [1.165, 1.54) is 58.2 Å². The summed E-state index contributed by atoms with van der Waals surface area (Å²) in [5.41, 5.74) is 9.37. The van der Waals surface area contributed by atoms with Crippen molar-refractivity contribution in [2.75, 3.05) is 13.1 Å². The van der Waals surface area contributed by atoms with Gasteiger partial charge in [-0.25, -0.2) is 0 Å². The molecule has 3 atom stereocenters. The number of piperidine rings is 1. The Labute approximate surface area is 263 Å². The van der Waals surface area contributed by atoms with Crippen molar-refractivity contribution >= 4 is 16.8 Å². The fraction of sp³-hybridized carbons (Fsp3) is 0.487. The van der Waals surface area contributed by atoms with Gasteiger partial charge in [-0.15, -0.1) is 0 Å². The number of nitrogens with one attached hydrogen (secondary N) is 2. The zero-order chi connectivity index (χ0) is 30.8. The maximum Gasteiger partial charge on any atom is 0.233 e. The van der Waals surface area contributed by atoms with E-state index >= 15 is 0 Å². The number of fused-ring (bicyclic) bond motifs is 3. The number of nitrogens with zero attached hydrogens (tertiary/aromatic N) is 2. The molecule has 44 heavy (non-hydrogen) atoms. The average molecular weight is 591 g/mol. The third kappa shape index (κ3) is 6.21. The second kappa shape index (κ2) is 12.9. The highest BCUT2D eigenvalue weighted by molar-refractivity contribution is 5.95. The summed E-state index contributed by atoms with van der Waals surface area (Å²) in [6.45, 7) is 12.9. The Morgan fingerprint density at radius 2 is 1.68 bits per heavy atom. The zero-order valence-corrected chi connectivity index (χ0v) is 27.4. The van der Waals surface area contributed by atoms with Gasteiger partial charge in [0, 0.05) is 41.9 Å². The van der Waals surface area contributed by atoms with Gasteiger partial charge in [0.05, 0.1) is 11.1 Å². The zero-order valence-electron chi connectivity index (χ0n) is 27.4. The van der Waals surface area contributed by atoms with Gasteiger partial charge < -0.3 is 15.2 Å². The molecule has 4 heterocycles. The van der Waals surface area contributed by atoms with Crippen molar-refractivity contribution in [2.24, 2.45) is 0 Å². The Bertz CT molecular complexity index is 1570. The van der Waals surface area contributed by atoms with E-state index in [9.17, 15) is 4.79 Å². The van der Waals surface area contributed by atoms with E-state index in [0.29, 0.717) is 23.9 Å². The van der Waals surface area contributed by atoms with Crippen LogP contribution in [-0.2, 0) is 16.6 Å². The summed E-state index contributed by atoms with van der Waals surface area (Å²) in [5, 5.41) is 5.00. The smallest absolute Gasteiger partial charge is 0.233 e. The third-order valence-electron chi connectivity index (χ3n) is 10.3. The average Bonchev–Trinajstić information content (AvgIpc) is 3.51. The lowest BCUT2D eigenvalue weighted by Crippen LogP contribution is -2.51. The quantitative estimate of drug-likeness (QED) is 0.173. The van der Waals surface area contributed by atoms with E-state index in [1.807, 2.05) is 12.4 Å². The van der Waals surface area contributed by atoms with Crippen molar-refractivity contribution in [3.8, 4) is 11.3 Å². The normalized spacial score (nSPS) is 19.1. The van der Waals surface area contributed by atoms with Crippen LogP contribution in [0.3, 0.4) is 0 Å². The summed E-state index contributed by atoms with van der Waals surface area (Å²) in [4.78, 5) is 24.4. The van der Waals surface area contributed by atoms with Crippen LogP contribution in [0, 0.1) is 13.8 Å². The van der Waals surface area contributed by atoms with Crippen LogP contribution in [0.15, 0.2) is 60.9 Å². The summed E-state index contributed by atoms with van der Waals surface area (Å²) in [7, 11) is 0. The molecule has 2 unspecified atom stereocenters. The van der Waals surface area contributed by atoms with Crippen molar-refractivity contribution < 1.29 is 4.79 Å². The number of carbonyl (C=O) groups excluding carboxylic acids is 1. The number of carbonyl (C=O) groups is 1. The lowest BCUT2D eigenvalue weighted by atomic mass is 9.81. The van der Waals surface area contributed by atoms with Crippen LogP contribution >= 0.6 is 0 Å². The molecule has 2 fully saturated rings. The van der Waals surface area contributed by atoms with Crippen molar-refractivity contribution in [1.82, 2.24) is 20.2 Å². The highest BCUT2D eigenvalue weighted by Crippen LogP contribution is 2.42. The first-order valence-corrected chi connectivity index (χ1v) is 16.9. The fourth-order valence-electron chi connectivity index (χ4n) is 7.90. The number of benzene rings is 2. The lowest BCUT2D eigenvalue weighted by Gasteiger charge is -2.40. The molecular formula is C39H50N4O. The van der Waals surface area contributed by atoms with Crippen LogP contribution in [0.2, 0.25) is 0 Å². The summed E-state index contributed by atoms with van der Waals surface area (Å²) < 4.78 is 0. The standard InChI is InChI=1S/C39H50N4O/c1-26-21-27(2)23-30(22-26)37-36(28(3)25-41-18-7-6-9-29-16-19-40-20-17-29)34-24-31(12-15-35(34)42-37)39(4,5)38(44)43-32-10-8-11-33(43)14-13-32/h12,15-17,19-24,28,32-33,41-42H,6-11,13-14,18,25H2,1-5H3/t28-,32?,33?/m1/s1. The van der Waals surface area contributed by atoms with E-state index in [2.05, 4.69) is 103 Å². The molecule has 5 nitrogen and oxygen atoms in total. The first-order valence-electron chi connectivity index (χ1n) is 16.9. The van der Waals surface area contributed by atoms with Crippen LogP contribution in [0.25, 0.3) is 22.2 Å². The molecule has 2 saturated heterocycles. The molecule has 2 aromatic carbocycles. The summed E-state index contributed by atoms with van der Waals surface area (Å²) in [6, 6.07) is 18.6. The number of aryl methyl sites for hydroxylation is 3. The number of aromatic nitrogens is 2. The van der Waals surface area contributed by atoms with Gasteiger partial charge in [-0.2, -0.15) is 0 Å². The molecule has 5 heteroatoms. The van der Waals surface area contributed by atoms with E-state index < -0.39 is 5.41 Å². The first kappa shape index (κ1) is 30.6. The second-order valence-electron chi connectivity index (χ2n) is 14.1. The minimum absolute atomic E-state index is 0.298. The fourth-order valence-corrected chi connectivity index (χ4v) is 7.90. The van der Waals surface area contributed by atoms with Gasteiger partial charge in [0.1, 0.15) is 0 Å². The largest absolute Gasteiger partial charge is 0.354 e. The predicted molar refractivity (Wildman–Crippen MR) is 182 cm³/mol. The summed E-state index contributed by atoms with van der Waals surface area (Å²) in [5.74, 6) is 0.601. The number of rotatable bonds is 11. The minimum atomic E-state index is -0.572. The van der Waals surface area contributed by atoms with E-state index in [0.717, 1.165) is 56.3 Å².